The van der Waals surface area contributed by atoms with E-state index >= 15 is 0 Å². The first-order chi connectivity index (χ1) is 12.2. The van der Waals surface area contributed by atoms with Gasteiger partial charge in [-0.3, -0.25) is 4.79 Å². The molecule has 0 radical (unpaired) electrons. The molecule has 132 valence electrons. The van der Waals surface area contributed by atoms with Crippen molar-refractivity contribution in [3.8, 4) is 5.75 Å². The molecule has 1 aliphatic rings. The standard InChI is InChI=1S/C20H24N2O3/c1-21(20(23)17-8-4-6-10-19(17)24-2)15-16-7-3-5-9-18(16)22-11-13-25-14-12-22/h3-10H,11-15H2,1-2H3. The highest BCUT2D eigenvalue weighted by Gasteiger charge is 2.19. The molecule has 3 rings (SSSR count). The third-order valence-corrected chi connectivity index (χ3v) is 4.43. The second-order valence-corrected chi connectivity index (χ2v) is 6.09. The predicted molar refractivity (Wildman–Crippen MR) is 98.3 cm³/mol. The Morgan fingerprint density at radius 1 is 1.12 bits per heavy atom. The number of anilines is 1. The molecule has 1 heterocycles. The average Bonchev–Trinajstić information content (AvgIpc) is 2.68. The van der Waals surface area contributed by atoms with E-state index in [2.05, 4.69) is 17.0 Å². The van der Waals surface area contributed by atoms with Crippen LogP contribution in [0, 0.1) is 0 Å². The first kappa shape index (κ1) is 17.3. The van der Waals surface area contributed by atoms with Crippen molar-refractivity contribution in [1.82, 2.24) is 4.90 Å². The van der Waals surface area contributed by atoms with Crippen LogP contribution in [0.25, 0.3) is 0 Å². The summed E-state index contributed by atoms with van der Waals surface area (Å²) in [6, 6.07) is 15.6. The number of ether oxygens (including phenoxy) is 2. The molecule has 1 amide bonds. The number of para-hydroxylation sites is 2. The lowest BCUT2D eigenvalue weighted by Crippen LogP contribution is -2.37. The zero-order valence-corrected chi connectivity index (χ0v) is 14.8. The molecule has 5 heteroatoms. The summed E-state index contributed by atoms with van der Waals surface area (Å²) in [5.41, 5.74) is 2.89. The Hall–Kier alpha value is -2.53. The van der Waals surface area contributed by atoms with Gasteiger partial charge in [-0.15, -0.1) is 0 Å². The number of carbonyl (C=O) groups is 1. The van der Waals surface area contributed by atoms with Crippen molar-refractivity contribution in [1.29, 1.82) is 0 Å². The van der Waals surface area contributed by atoms with Gasteiger partial charge in [0, 0.05) is 32.4 Å². The van der Waals surface area contributed by atoms with Crippen molar-refractivity contribution in [3.63, 3.8) is 0 Å². The second-order valence-electron chi connectivity index (χ2n) is 6.09. The Kier molecular flexibility index (Phi) is 5.56. The van der Waals surface area contributed by atoms with E-state index in [0.29, 0.717) is 17.9 Å². The van der Waals surface area contributed by atoms with Crippen molar-refractivity contribution >= 4 is 11.6 Å². The summed E-state index contributed by atoms with van der Waals surface area (Å²) in [7, 11) is 3.41. The van der Waals surface area contributed by atoms with Gasteiger partial charge in [0.15, 0.2) is 0 Å². The van der Waals surface area contributed by atoms with E-state index in [1.54, 1.807) is 18.1 Å². The van der Waals surface area contributed by atoms with Crippen molar-refractivity contribution in [2.75, 3.05) is 45.4 Å². The average molecular weight is 340 g/mol. The van der Waals surface area contributed by atoms with Gasteiger partial charge in [-0.2, -0.15) is 0 Å². The van der Waals surface area contributed by atoms with Crippen molar-refractivity contribution in [3.05, 3.63) is 59.7 Å². The van der Waals surface area contributed by atoms with E-state index in [9.17, 15) is 4.79 Å². The third-order valence-electron chi connectivity index (χ3n) is 4.43. The monoisotopic (exact) mass is 340 g/mol. The molecule has 1 fully saturated rings. The molecule has 0 N–H and O–H groups in total. The van der Waals surface area contributed by atoms with Crippen LogP contribution in [0.3, 0.4) is 0 Å². The predicted octanol–water partition coefficient (Wildman–Crippen LogP) is 2.80. The van der Waals surface area contributed by atoms with Crippen LogP contribution in [0.15, 0.2) is 48.5 Å². The first-order valence-corrected chi connectivity index (χ1v) is 8.50. The van der Waals surface area contributed by atoms with Gasteiger partial charge in [0.25, 0.3) is 5.91 Å². The van der Waals surface area contributed by atoms with Crippen LogP contribution in [0.4, 0.5) is 5.69 Å². The molecule has 0 aromatic heterocycles. The minimum Gasteiger partial charge on any atom is -0.496 e. The van der Waals surface area contributed by atoms with Gasteiger partial charge in [0.1, 0.15) is 5.75 Å². The van der Waals surface area contributed by atoms with Gasteiger partial charge in [0.2, 0.25) is 0 Å². The van der Waals surface area contributed by atoms with E-state index in [1.807, 2.05) is 37.4 Å². The maximum Gasteiger partial charge on any atom is 0.257 e. The third kappa shape index (κ3) is 3.94. The highest BCUT2D eigenvalue weighted by molar-refractivity contribution is 5.96. The van der Waals surface area contributed by atoms with E-state index in [1.165, 1.54) is 5.69 Å². The summed E-state index contributed by atoms with van der Waals surface area (Å²) >= 11 is 0. The van der Waals surface area contributed by atoms with Gasteiger partial charge >= 0.3 is 0 Å². The molecule has 0 aliphatic carbocycles. The van der Waals surface area contributed by atoms with E-state index < -0.39 is 0 Å². The molecule has 0 bridgehead atoms. The minimum atomic E-state index is -0.0470. The van der Waals surface area contributed by atoms with Crippen LogP contribution >= 0.6 is 0 Å². The number of carbonyl (C=O) groups excluding carboxylic acids is 1. The molecular formula is C20H24N2O3. The smallest absolute Gasteiger partial charge is 0.257 e. The van der Waals surface area contributed by atoms with Crippen molar-refractivity contribution in [2.24, 2.45) is 0 Å². The highest BCUT2D eigenvalue weighted by Crippen LogP contribution is 2.24. The summed E-state index contributed by atoms with van der Waals surface area (Å²) in [4.78, 5) is 16.9. The molecule has 5 nitrogen and oxygen atoms in total. The van der Waals surface area contributed by atoms with Crippen molar-refractivity contribution in [2.45, 2.75) is 6.54 Å². The number of benzene rings is 2. The molecule has 1 aliphatic heterocycles. The van der Waals surface area contributed by atoms with Crippen LogP contribution in [0.2, 0.25) is 0 Å². The zero-order chi connectivity index (χ0) is 17.6. The zero-order valence-electron chi connectivity index (χ0n) is 14.8. The van der Waals surface area contributed by atoms with Crippen molar-refractivity contribution < 1.29 is 14.3 Å². The molecule has 0 spiro atoms. The van der Waals surface area contributed by atoms with Crippen LogP contribution in [0.1, 0.15) is 15.9 Å². The van der Waals surface area contributed by atoms with Crippen LogP contribution in [0.5, 0.6) is 5.75 Å². The van der Waals surface area contributed by atoms with Gasteiger partial charge in [-0.05, 0) is 23.8 Å². The highest BCUT2D eigenvalue weighted by atomic mass is 16.5. The van der Waals surface area contributed by atoms with Gasteiger partial charge in [-0.1, -0.05) is 30.3 Å². The fourth-order valence-corrected chi connectivity index (χ4v) is 3.11. The molecule has 25 heavy (non-hydrogen) atoms. The summed E-state index contributed by atoms with van der Waals surface area (Å²) in [6.07, 6.45) is 0. The molecular weight excluding hydrogens is 316 g/mol. The topological polar surface area (TPSA) is 42.0 Å². The van der Waals surface area contributed by atoms with E-state index in [0.717, 1.165) is 31.9 Å². The Bertz CT molecular complexity index is 726. The summed E-state index contributed by atoms with van der Waals surface area (Å²) in [5.74, 6) is 0.551. The minimum absolute atomic E-state index is 0.0470. The Morgan fingerprint density at radius 2 is 1.80 bits per heavy atom. The maximum atomic E-state index is 12.8. The second kappa shape index (κ2) is 8.03. The molecule has 2 aromatic carbocycles. The Labute approximate surface area is 148 Å². The molecule has 0 atom stereocenters. The number of hydrogen-bond donors (Lipinski definition) is 0. The number of methoxy groups -OCH3 is 1. The van der Waals surface area contributed by atoms with E-state index in [4.69, 9.17) is 9.47 Å². The maximum absolute atomic E-state index is 12.8. The fourth-order valence-electron chi connectivity index (χ4n) is 3.11. The molecule has 1 saturated heterocycles. The molecule has 2 aromatic rings. The Balaban J connectivity index is 1.79. The van der Waals surface area contributed by atoms with Gasteiger partial charge in [-0.25, -0.2) is 0 Å². The normalized spacial score (nSPS) is 14.2. The van der Waals surface area contributed by atoms with Gasteiger partial charge < -0.3 is 19.3 Å². The van der Waals surface area contributed by atoms with Crippen LogP contribution in [-0.2, 0) is 11.3 Å². The number of amides is 1. The lowest BCUT2D eigenvalue weighted by Gasteiger charge is -2.31. The van der Waals surface area contributed by atoms with E-state index in [-0.39, 0.29) is 5.91 Å². The number of nitrogens with zero attached hydrogens (tertiary/aromatic N) is 2. The fraction of sp³-hybridized carbons (Fsp3) is 0.350. The largest absolute Gasteiger partial charge is 0.496 e. The van der Waals surface area contributed by atoms with Gasteiger partial charge in [0.05, 0.1) is 25.9 Å². The number of rotatable bonds is 5. The summed E-state index contributed by atoms with van der Waals surface area (Å²) in [5, 5.41) is 0. The number of morpholine rings is 1. The number of hydrogen-bond acceptors (Lipinski definition) is 4. The lowest BCUT2D eigenvalue weighted by molar-refractivity contribution is 0.0781. The van der Waals surface area contributed by atoms with Crippen LogP contribution < -0.4 is 9.64 Å². The SMILES string of the molecule is COc1ccccc1C(=O)N(C)Cc1ccccc1N1CCOCC1. The Morgan fingerprint density at radius 3 is 2.56 bits per heavy atom. The summed E-state index contributed by atoms with van der Waals surface area (Å²) in [6.45, 7) is 3.78. The van der Waals surface area contributed by atoms with Crippen LogP contribution in [-0.4, -0.2) is 51.3 Å². The summed E-state index contributed by atoms with van der Waals surface area (Å²) < 4.78 is 10.8. The molecule has 0 unspecified atom stereocenters. The first-order valence-electron chi connectivity index (χ1n) is 8.50. The quantitative estimate of drug-likeness (QED) is 0.839. The lowest BCUT2D eigenvalue weighted by atomic mass is 10.1. The molecule has 0 saturated carbocycles.